The van der Waals surface area contributed by atoms with Crippen molar-refractivity contribution in [2.45, 2.75) is 37.6 Å². The molecule has 0 aromatic heterocycles. The highest BCUT2D eigenvalue weighted by atomic mass is 32.2. The Balaban J connectivity index is 2.23. The van der Waals surface area contributed by atoms with Crippen LogP contribution in [0.3, 0.4) is 0 Å². The molecule has 0 aliphatic heterocycles. The first-order valence-electron chi connectivity index (χ1n) is 8.36. The average molecular weight is 394 g/mol. The van der Waals surface area contributed by atoms with Crippen LogP contribution in [0.15, 0.2) is 47.4 Å². The first kappa shape index (κ1) is 21.0. The van der Waals surface area contributed by atoms with E-state index in [1.807, 2.05) is 0 Å². The predicted octanol–water partition coefficient (Wildman–Crippen LogP) is 2.83. The van der Waals surface area contributed by atoms with Gasteiger partial charge in [0.15, 0.2) is 0 Å². The molecule has 27 heavy (non-hydrogen) atoms. The van der Waals surface area contributed by atoms with Crippen LogP contribution in [0.25, 0.3) is 0 Å². The van der Waals surface area contributed by atoms with Crippen molar-refractivity contribution in [2.24, 2.45) is 0 Å². The van der Waals surface area contributed by atoms with Crippen LogP contribution in [0.4, 0.5) is 10.1 Å². The summed E-state index contributed by atoms with van der Waals surface area (Å²) in [6.07, 6.45) is 0.246. The van der Waals surface area contributed by atoms with Crippen molar-refractivity contribution in [3.05, 3.63) is 59.4 Å². The number of nitrogens with one attached hydrogen (secondary N) is 2. The Morgan fingerprint density at radius 2 is 1.89 bits per heavy atom. The van der Waals surface area contributed by atoms with Crippen molar-refractivity contribution < 1.29 is 22.7 Å². The Morgan fingerprint density at radius 1 is 1.19 bits per heavy atom. The monoisotopic (exact) mass is 394 g/mol. The number of carbonyl (C=O) groups excluding carboxylic acids is 1. The number of hydrogen-bond donors (Lipinski definition) is 3. The third-order valence-electron chi connectivity index (χ3n) is 3.97. The number of aliphatic hydroxyl groups excluding tert-OH is 1. The van der Waals surface area contributed by atoms with E-state index in [4.69, 9.17) is 5.11 Å². The van der Waals surface area contributed by atoms with Gasteiger partial charge in [-0.05, 0) is 69.2 Å². The summed E-state index contributed by atoms with van der Waals surface area (Å²) in [4.78, 5) is 12.4. The number of aryl methyl sites for hydroxylation is 1. The lowest BCUT2D eigenvalue weighted by Gasteiger charge is -2.25. The molecule has 0 heterocycles. The van der Waals surface area contributed by atoms with Crippen LogP contribution in [0.2, 0.25) is 0 Å². The molecule has 0 radical (unpaired) electrons. The normalized spacial score (nSPS) is 12.0. The second-order valence-corrected chi connectivity index (χ2v) is 8.59. The number of aliphatic hydroxyl groups is 1. The molecule has 0 unspecified atom stereocenters. The Morgan fingerprint density at radius 3 is 2.52 bits per heavy atom. The van der Waals surface area contributed by atoms with Crippen molar-refractivity contribution >= 4 is 21.6 Å². The molecule has 0 aliphatic carbocycles. The molecule has 0 saturated carbocycles. The van der Waals surface area contributed by atoms with E-state index in [9.17, 15) is 17.6 Å². The van der Waals surface area contributed by atoms with Gasteiger partial charge in [0.2, 0.25) is 10.0 Å². The third kappa shape index (κ3) is 5.59. The largest absolute Gasteiger partial charge is 0.396 e. The van der Waals surface area contributed by atoms with E-state index in [0.717, 1.165) is 0 Å². The quantitative estimate of drug-likeness (QED) is 0.673. The molecule has 146 valence electrons. The standard InChI is InChI=1S/C19H23FN2O4S/c1-13-11-15(7-8-17(13)20)21-18(24)14-5-4-6-16(12-14)27(25,26)22-19(2,3)9-10-23/h4-8,11-12,22-23H,9-10H2,1-3H3,(H,21,24). The zero-order valence-electron chi connectivity index (χ0n) is 15.4. The third-order valence-corrected chi connectivity index (χ3v) is 5.67. The van der Waals surface area contributed by atoms with E-state index >= 15 is 0 Å². The van der Waals surface area contributed by atoms with Gasteiger partial charge in [0.05, 0.1) is 4.90 Å². The second-order valence-electron chi connectivity index (χ2n) is 6.91. The first-order chi connectivity index (χ1) is 12.5. The van der Waals surface area contributed by atoms with Crippen LogP contribution in [-0.2, 0) is 10.0 Å². The molecule has 0 saturated heterocycles. The molecular weight excluding hydrogens is 371 g/mol. The maximum atomic E-state index is 13.3. The molecule has 2 aromatic carbocycles. The van der Waals surface area contributed by atoms with Gasteiger partial charge in [0, 0.05) is 23.4 Å². The van der Waals surface area contributed by atoms with Crippen molar-refractivity contribution in [3.8, 4) is 0 Å². The Hall–Kier alpha value is -2.29. The number of hydrogen-bond acceptors (Lipinski definition) is 4. The summed E-state index contributed by atoms with van der Waals surface area (Å²) in [6, 6.07) is 9.78. The lowest BCUT2D eigenvalue weighted by Crippen LogP contribution is -2.43. The van der Waals surface area contributed by atoms with Gasteiger partial charge in [0.25, 0.3) is 5.91 Å². The minimum atomic E-state index is -3.87. The molecule has 6 nitrogen and oxygen atoms in total. The predicted molar refractivity (Wildman–Crippen MR) is 102 cm³/mol. The summed E-state index contributed by atoms with van der Waals surface area (Å²) in [5.41, 5.74) is 0.117. The van der Waals surface area contributed by atoms with Gasteiger partial charge in [0.1, 0.15) is 5.82 Å². The maximum absolute atomic E-state index is 13.3. The molecule has 0 aliphatic rings. The molecular formula is C19H23FN2O4S. The van der Waals surface area contributed by atoms with E-state index in [0.29, 0.717) is 11.3 Å². The molecule has 0 fully saturated rings. The molecule has 2 rings (SSSR count). The summed E-state index contributed by atoms with van der Waals surface area (Å²) >= 11 is 0. The van der Waals surface area contributed by atoms with Crippen LogP contribution < -0.4 is 10.0 Å². The van der Waals surface area contributed by atoms with E-state index in [-0.39, 0.29) is 29.3 Å². The number of anilines is 1. The molecule has 3 N–H and O–H groups in total. The second kappa shape index (κ2) is 8.16. The van der Waals surface area contributed by atoms with Crippen LogP contribution in [-0.4, -0.2) is 31.6 Å². The molecule has 8 heteroatoms. The van der Waals surface area contributed by atoms with Crippen LogP contribution in [0.1, 0.15) is 36.2 Å². The van der Waals surface area contributed by atoms with Gasteiger partial charge in [-0.15, -0.1) is 0 Å². The minimum absolute atomic E-state index is 0.0588. The van der Waals surface area contributed by atoms with Crippen molar-refractivity contribution in [1.29, 1.82) is 0 Å². The van der Waals surface area contributed by atoms with Crippen molar-refractivity contribution in [1.82, 2.24) is 4.72 Å². The highest BCUT2D eigenvalue weighted by molar-refractivity contribution is 7.89. The number of rotatable bonds is 7. The number of amides is 1. The van der Waals surface area contributed by atoms with Gasteiger partial charge in [-0.1, -0.05) is 6.07 Å². The number of benzene rings is 2. The fourth-order valence-electron chi connectivity index (χ4n) is 2.48. The average Bonchev–Trinajstić information content (AvgIpc) is 2.57. The van der Waals surface area contributed by atoms with Crippen molar-refractivity contribution in [3.63, 3.8) is 0 Å². The summed E-state index contributed by atoms with van der Waals surface area (Å²) in [5, 5.41) is 11.7. The Labute approximate surface area is 158 Å². The zero-order chi connectivity index (χ0) is 20.2. The SMILES string of the molecule is Cc1cc(NC(=O)c2cccc(S(=O)(=O)NC(C)(C)CCO)c2)ccc1F. The topological polar surface area (TPSA) is 95.5 Å². The number of sulfonamides is 1. The minimum Gasteiger partial charge on any atom is -0.396 e. The summed E-state index contributed by atoms with van der Waals surface area (Å²) in [5.74, 6) is -0.884. The van der Waals surface area contributed by atoms with Gasteiger partial charge in [-0.2, -0.15) is 0 Å². The van der Waals surface area contributed by atoms with Gasteiger partial charge >= 0.3 is 0 Å². The van der Waals surface area contributed by atoms with Gasteiger partial charge in [-0.3, -0.25) is 4.79 Å². The Kier molecular flexibility index (Phi) is 6.35. The summed E-state index contributed by atoms with van der Waals surface area (Å²) in [6.45, 7) is 4.75. The van der Waals surface area contributed by atoms with Gasteiger partial charge in [-0.25, -0.2) is 17.5 Å². The number of carbonyl (C=O) groups is 1. The Bertz CT molecular complexity index is 942. The maximum Gasteiger partial charge on any atom is 0.255 e. The van der Waals surface area contributed by atoms with Crippen LogP contribution in [0.5, 0.6) is 0 Å². The molecule has 0 atom stereocenters. The van der Waals surface area contributed by atoms with Crippen LogP contribution >= 0.6 is 0 Å². The van der Waals surface area contributed by atoms with Crippen molar-refractivity contribution in [2.75, 3.05) is 11.9 Å². The van der Waals surface area contributed by atoms with E-state index in [1.54, 1.807) is 20.8 Å². The first-order valence-corrected chi connectivity index (χ1v) is 9.85. The zero-order valence-corrected chi connectivity index (χ0v) is 16.2. The molecule has 2 aromatic rings. The van der Waals surface area contributed by atoms with E-state index in [1.165, 1.54) is 42.5 Å². The summed E-state index contributed by atoms with van der Waals surface area (Å²) < 4.78 is 41.0. The highest BCUT2D eigenvalue weighted by Gasteiger charge is 2.26. The molecule has 1 amide bonds. The fraction of sp³-hybridized carbons (Fsp3) is 0.316. The fourth-order valence-corrected chi connectivity index (χ4v) is 3.97. The molecule has 0 spiro atoms. The van der Waals surface area contributed by atoms with Crippen LogP contribution in [0, 0.1) is 12.7 Å². The molecule has 0 bridgehead atoms. The van der Waals surface area contributed by atoms with E-state index in [2.05, 4.69) is 10.0 Å². The highest BCUT2D eigenvalue weighted by Crippen LogP contribution is 2.19. The summed E-state index contributed by atoms with van der Waals surface area (Å²) in [7, 11) is -3.87. The number of halogens is 1. The van der Waals surface area contributed by atoms with E-state index < -0.39 is 21.5 Å². The lowest BCUT2D eigenvalue weighted by atomic mass is 10.0. The lowest BCUT2D eigenvalue weighted by molar-refractivity contribution is 0.102. The smallest absolute Gasteiger partial charge is 0.255 e. The van der Waals surface area contributed by atoms with Gasteiger partial charge < -0.3 is 10.4 Å².